The number of allylic oxidation sites excluding steroid dienone is 3. The van der Waals surface area contributed by atoms with Crippen LogP contribution in [0.4, 0.5) is 5.69 Å². The van der Waals surface area contributed by atoms with Crippen LogP contribution in [-0.4, -0.2) is 6.04 Å². The molecule has 2 N–H and O–H groups in total. The van der Waals surface area contributed by atoms with Gasteiger partial charge in [0, 0.05) is 22.7 Å². The molecule has 1 aliphatic rings. The Morgan fingerprint density at radius 1 is 1.03 bits per heavy atom. The van der Waals surface area contributed by atoms with Crippen molar-refractivity contribution in [1.29, 1.82) is 0 Å². The summed E-state index contributed by atoms with van der Waals surface area (Å²) in [5.74, 6) is 0.183. The van der Waals surface area contributed by atoms with Crippen molar-refractivity contribution >= 4 is 5.69 Å². The van der Waals surface area contributed by atoms with Gasteiger partial charge in [0.1, 0.15) is 0 Å². The predicted octanol–water partition coefficient (Wildman–Crippen LogP) is 7.76. The minimum atomic E-state index is -0.0530. The van der Waals surface area contributed by atoms with Gasteiger partial charge in [0.05, 0.1) is 6.04 Å². The van der Waals surface area contributed by atoms with Gasteiger partial charge in [-0.1, -0.05) is 102 Å². The molecule has 2 nitrogen and oxygen atoms in total. The van der Waals surface area contributed by atoms with Gasteiger partial charge in [-0.15, -0.1) is 6.58 Å². The van der Waals surface area contributed by atoms with Crippen LogP contribution in [0.2, 0.25) is 0 Å². The number of anilines is 1. The van der Waals surface area contributed by atoms with Gasteiger partial charge in [-0.2, -0.15) is 0 Å². The summed E-state index contributed by atoms with van der Waals surface area (Å²) in [4.78, 5) is 0. The molecule has 2 heteroatoms. The van der Waals surface area contributed by atoms with Crippen LogP contribution in [0.25, 0.3) is 0 Å². The molecule has 0 spiro atoms. The molecule has 2 aromatic carbocycles. The van der Waals surface area contributed by atoms with Crippen molar-refractivity contribution in [3.05, 3.63) is 127 Å². The van der Waals surface area contributed by atoms with Gasteiger partial charge in [-0.3, -0.25) is 0 Å². The molecule has 3 rings (SSSR count). The Morgan fingerprint density at radius 2 is 1.70 bits per heavy atom. The molecule has 2 atom stereocenters. The lowest BCUT2D eigenvalue weighted by atomic mass is 9.80. The van der Waals surface area contributed by atoms with Crippen molar-refractivity contribution in [3.8, 4) is 0 Å². The van der Waals surface area contributed by atoms with Crippen LogP contribution < -0.4 is 10.6 Å². The highest BCUT2D eigenvalue weighted by Crippen LogP contribution is 2.50. The van der Waals surface area contributed by atoms with E-state index in [-0.39, 0.29) is 22.8 Å². The molecule has 1 aliphatic carbocycles. The Morgan fingerprint density at radius 3 is 2.30 bits per heavy atom. The fourth-order valence-corrected chi connectivity index (χ4v) is 4.53. The summed E-state index contributed by atoms with van der Waals surface area (Å²) >= 11 is 0. The van der Waals surface area contributed by atoms with E-state index in [4.69, 9.17) is 0 Å². The molecule has 2 aromatic rings. The number of hydrogen-bond donors (Lipinski definition) is 2. The summed E-state index contributed by atoms with van der Waals surface area (Å²) < 4.78 is 0. The van der Waals surface area contributed by atoms with Gasteiger partial charge in [0.15, 0.2) is 0 Å². The maximum Gasteiger partial charge on any atom is 0.0542 e. The van der Waals surface area contributed by atoms with Gasteiger partial charge in [0.25, 0.3) is 0 Å². The molecule has 0 saturated carbocycles. The lowest BCUT2D eigenvalue weighted by molar-refractivity contribution is 0.563. The standard InChI is InChI=1S/C31H38N2/c1-9-13-24(33-25-18-16-23(17-19-25)30(4,5)6)20-21-32-28(10-2)29-22(3)31(7,8)27-15-12-11-14-26(27)29/h9-21,28-29,32-33H,1-3H2,4-8H3/b21-20+,24-13+. The normalized spacial score (nSPS) is 18.6. The summed E-state index contributed by atoms with van der Waals surface area (Å²) in [5.41, 5.74) is 7.29. The first-order valence-corrected chi connectivity index (χ1v) is 11.6. The Labute approximate surface area is 200 Å². The maximum absolute atomic E-state index is 4.48. The summed E-state index contributed by atoms with van der Waals surface area (Å²) in [5, 5.41) is 7.03. The fraction of sp³-hybridized carbons (Fsp3) is 0.290. The van der Waals surface area contributed by atoms with Crippen molar-refractivity contribution in [1.82, 2.24) is 5.32 Å². The molecule has 33 heavy (non-hydrogen) atoms. The molecule has 0 aliphatic heterocycles. The quantitative estimate of drug-likeness (QED) is 0.325. The van der Waals surface area contributed by atoms with Crippen LogP contribution in [0.15, 0.2) is 110 Å². The average Bonchev–Trinajstić information content (AvgIpc) is 2.97. The number of benzene rings is 2. The van der Waals surface area contributed by atoms with Gasteiger partial charge in [0.2, 0.25) is 0 Å². The Kier molecular flexibility index (Phi) is 7.17. The third-order valence-electron chi connectivity index (χ3n) is 6.65. The van der Waals surface area contributed by atoms with E-state index in [1.807, 2.05) is 24.4 Å². The van der Waals surface area contributed by atoms with Gasteiger partial charge in [-0.25, -0.2) is 0 Å². The van der Waals surface area contributed by atoms with E-state index in [9.17, 15) is 0 Å². The number of rotatable bonds is 8. The molecule has 0 radical (unpaired) electrons. The smallest absolute Gasteiger partial charge is 0.0542 e. The first-order chi connectivity index (χ1) is 15.6. The van der Waals surface area contributed by atoms with E-state index >= 15 is 0 Å². The molecule has 0 fully saturated rings. The van der Waals surface area contributed by atoms with Crippen LogP contribution in [0.5, 0.6) is 0 Å². The summed E-state index contributed by atoms with van der Waals surface area (Å²) in [6, 6.07) is 17.3. The molecule has 0 bridgehead atoms. The largest absolute Gasteiger partial charge is 0.384 e. The van der Waals surface area contributed by atoms with Crippen molar-refractivity contribution < 1.29 is 0 Å². The Balaban J connectivity index is 1.75. The number of fused-ring (bicyclic) bond motifs is 1. The monoisotopic (exact) mass is 438 g/mol. The molecule has 0 amide bonds. The molecular weight excluding hydrogens is 400 g/mol. The van der Waals surface area contributed by atoms with Crippen LogP contribution in [0.3, 0.4) is 0 Å². The zero-order valence-electron chi connectivity index (χ0n) is 20.8. The third kappa shape index (κ3) is 5.22. The molecule has 0 aromatic heterocycles. The van der Waals surface area contributed by atoms with E-state index in [1.165, 1.54) is 22.3 Å². The molecule has 0 heterocycles. The van der Waals surface area contributed by atoms with E-state index in [0.29, 0.717) is 0 Å². The number of nitrogens with one attached hydrogen (secondary N) is 2. The Bertz CT molecular complexity index is 1070. The van der Waals surface area contributed by atoms with E-state index in [0.717, 1.165) is 11.4 Å². The lowest BCUT2D eigenvalue weighted by Crippen LogP contribution is -2.30. The molecular formula is C31H38N2. The summed E-state index contributed by atoms with van der Waals surface area (Å²) in [6.07, 6.45) is 9.75. The highest BCUT2D eigenvalue weighted by molar-refractivity contribution is 5.55. The van der Waals surface area contributed by atoms with Crippen LogP contribution in [0.1, 0.15) is 57.2 Å². The lowest BCUT2D eigenvalue weighted by Gasteiger charge is -2.27. The van der Waals surface area contributed by atoms with Crippen molar-refractivity contribution in [3.63, 3.8) is 0 Å². The van der Waals surface area contributed by atoms with E-state index in [1.54, 1.807) is 6.08 Å². The number of hydrogen-bond acceptors (Lipinski definition) is 2. The summed E-state index contributed by atoms with van der Waals surface area (Å²) in [6.45, 7) is 23.6. The van der Waals surface area contributed by atoms with E-state index in [2.05, 4.69) is 114 Å². The topological polar surface area (TPSA) is 24.1 Å². The molecule has 2 unspecified atom stereocenters. The van der Waals surface area contributed by atoms with Gasteiger partial charge >= 0.3 is 0 Å². The SMILES string of the molecule is C=C/C=C(\C=C\NC(C=C)C1C(=C)C(C)(C)c2ccccc21)Nc1ccc(C(C)(C)C)cc1. The molecule has 0 saturated heterocycles. The second-order valence-electron chi connectivity index (χ2n) is 10.3. The van der Waals surface area contributed by atoms with Gasteiger partial charge < -0.3 is 10.6 Å². The minimum absolute atomic E-state index is 0.0488. The fourth-order valence-electron chi connectivity index (χ4n) is 4.53. The first-order valence-electron chi connectivity index (χ1n) is 11.6. The van der Waals surface area contributed by atoms with Crippen LogP contribution >= 0.6 is 0 Å². The molecule has 172 valence electrons. The van der Waals surface area contributed by atoms with Crippen molar-refractivity contribution in [2.24, 2.45) is 0 Å². The van der Waals surface area contributed by atoms with Crippen molar-refractivity contribution in [2.45, 2.75) is 57.4 Å². The highest BCUT2D eigenvalue weighted by atomic mass is 14.9. The van der Waals surface area contributed by atoms with Gasteiger partial charge in [-0.05, 0) is 52.6 Å². The maximum atomic E-state index is 4.48. The second kappa shape index (κ2) is 9.70. The van der Waals surface area contributed by atoms with E-state index < -0.39 is 0 Å². The summed E-state index contributed by atoms with van der Waals surface area (Å²) in [7, 11) is 0. The highest BCUT2D eigenvalue weighted by Gasteiger charge is 2.42. The third-order valence-corrected chi connectivity index (χ3v) is 6.65. The average molecular weight is 439 g/mol. The zero-order chi connectivity index (χ0) is 24.2. The van der Waals surface area contributed by atoms with Crippen LogP contribution in [-0.2, 0) is 10.8 Å². The second-order valence-corrected chi connectivity index (χ2v) is 10.3. The minimum Gasteiger partial charge on any atom is -0.384 e. The zero-order valence-corrected chi connectivity index (χ0v) is 20.8. The van der Waals surface area contributed by atoms with Crippen molar-refractivity contribution in [2.75, 3.05) is 5.32 Å². The Hall–Kier alpha value is -3.26. The predicted molar refractivity (Wildman–Crippen MR) is 145 cm³/mol. The van der Waals surface area contributed by atoms with Crippen LogP contribution in [0, 0.1) is 0 Å². The first kappa shape index (κ1) is 24.4.